The van der Waals surface area contributed by atoms with Crippen LogP contribution in [0.25, 0.3) is 0 Å². The van der Waals surface area contributed by atoms with Crippen molar-refractivity contribution < 1.29 is 9.47 Å². The zero-order chi connectivity index (χ0) is 18.2. The molecule has 3 nitrogen and oxygen atoms in total. The average Bonchev–Trinajstić information content (AvgIpc) is 2.67. The summed E-state index contributed by atoms with van der Waals surface area (Å²) in [5.74, 6) is 3.08. The quantitative estimate of drug-likeness (QED) is 0.500. The lowest BCUT2D eigenvalue weighted by Gasteiger charge is -2.14. The number of hydrogen-bond donors (Lipinski definition) is 1. The Bertz CT molecular complexity index is 798. The highest BCUT2D eigenvalue weighted by Crippen LogP contribution is 2.26. The molecule has 0 unspecified atom stereocenters. The van der Waals surface area contributed by atoms with Crippen molar-refractivity contribution in [2.75, 3.05) is 18.5 Å². The van der Waals surface area contributed by atoms with Crippen LogP contribution in [0.1, 0.15) is 25.3 Å². The van der Waals surface area contributed by atoms with Crippen molar-refractivity contribution in [1.29, 1.82) is 0 Å². The molecule has 0 spiro atoms. The first-order valence-corrected chi connectivity index (χ1v) is 9.01. The van der Waals surface area contributed by atoms with Crippen molar-refractivity contribution in [3.05, 3.63) is 84.4 Å². The molecule has 0 aromatic heterocycles. The fourth-order valence-electron chi connectivity index (χ4n) is 2.71. The van der Waals surface area contributed by atoms with Gasteiger partial charge in [-0.3, -0.25) is 0 Å². The van der Waals surface area contributed by atoms with Gasteiger partial charge in [-0.15, -0.1) is 0 Å². The second kappa shape index (κ2) is 8.95. The molecular formula is C23H25NO2. The highest BCUT2D eigenvalue weighted by Gasteiger charge is 2.06. The van der Waals surface area contributed by atoms with Gasteiger partial charge in [-0.1, -0.05) is 50.2 Å². The minimum atomic E-state index is 0.455. The summed E-state index contributed by atoms with van der Waals surface area (Å²) in [6.45, 7) is 5.72. The number of para-hydroxylation sites is 2. The highest BCUT2D eigenvalue weighted by atomic mass is 16.5. The molecule has 0 heterocycles. The summed E-state index contributed by atoms with van der Waals surface area (Å²) in [6.07, 6.45) is 0. The van der Waals surface area contributed by atoms with Gasteiger partial charge in [0.05, 0.1) is 0 Å². The van der Waals surface area contributed by atoms with Crippen LogP contribution in [0.5, 0.6) is 17.2 Å². The summed E-state index contributed by atoms with van der Waals surface area (Å²) in [7, 11) is 0. The third kappa shape index (κ3) is 5.03. The average molecular weight is 347 g/mol. The van der Waals surface area contributed by atoms with E-state index in [1.807, 2.05) is 66.7 Å². The Balaban J connectivity index is 1.47. The molecule has 3 aromatic rings. The maximum atomic E-state index is 5.94. The molecule has 3 rings (SSSR count). The SMILES string of the molecule is CC(C)c1ccccc1OCCNc1ccc(Oc2ccccc2)cc1. The molecule has 26 heavy (non-hydrogen) atoms. The Morgan fingerprint density at radius 3 is 2.15 bits per heavy atom. The summed E-state index contributed by atoms with van der Waals surface area (Å²) in [4.78, 5) is 0. The molecule has 0 saturated carbocycles. The van der Waals surface area contributed by atoms with Crippen molar-refractivity contribution in [1.82, 2.24) is 0 Å². The summed E-state index contributed by atoms with van der Waals surface area (Å²) < 4.78 is 11.7. The van der Waals surface area contributed by atoms with Crippen molar-refractivity contribution in [2.45, 2.75) is 19.8 Å². The lowest BCUT2D eigenvalue weighted by atomic mass is 10.0. The summed E-state index contributed by atoms with van der Waals surface area (Å²) in [5.41, 5.74) is 2.29. The minimum Gasteiger partial charge on any atom is -0.491 e. The van der Waals surface area contributed by atoms with Gasteiger partial charge in [0.1, 0.15) is 23.9 Å². The molecule has 0 amide bonds. The van der Waals surface area contributed by atoms with Gasteiger partial charge < -0.3 is 14.8 Å². The summed E-state index contributed by atoms with van der Waals surface area (Å²) in [6, 6.07) is 26.0. The van der Waals surface area contributed by atoms with Crippen LogP contribution in [0, 0.1) is 0 Å². The fourth-order valence-corrected chi connectivity index (χ4v) is 2.71. The van der Waals surface area contributed by atoms with Gasteiger partial charge in [-0.2, -0.15) is 0 Å². The van der Waals surface area contributed by atoms with E-state index in [1.165, 1.54) is 5.56 Å². The molecule has 0 fully saturated rings. The van der Waals surface area contributed by atoms with Crippen LogP contribution in [0.15, 0.2) is 78.9 Å². The predicted octanol–water partition coefficient (Wildman–Crippen LogP) is 6.09. The molecule has 134 valence electrons. The van der Waals surface area contributed by atoms with E-state index in [1.54, 1.807) is 0 Å². The second-order valence-electron chi connectivity index (χ2n) is 6.41. The van der Waals surface area contributed by atoms with Crippen molar-refractivity contribution in [3.8, 4) is 17.2 Å². The van der Waals surface area contributed by atoms with Gasteiger partial charge in [0, 0.05) is 12.2 Å². The topological polar surface area (TPSA) is 30.5 Å². The van der Waals surface area contributed by atoms with E-state index in [0.29, 0.717) is 12.5 Å². The summed E-state index contributed by atoms with van der Waals surface area (Å²) in [5, 5.41) is 3.37. The highest BCUT2D eigenvalue weighted by molar-refractivity contribution is 5.47. The Labute approximate surface area is 155 Å². The first-order valence-electron chi connectivity index (χ1n) is 9.01. The van der Waals surface area contributed by atoms with E-state index >= 15 is 0 Å². The van der Waals surface area contributed by atoms with Crippen LogP contribution in [-0.2, 0) is 0 Å². The van der Waals surface area contributed by atoms with E-state index in [4.69, 9.17) is 9.47 Å². The smallest absolute Gasteiger partial charge is 0.127 e. The maximum absolute atomic E-state index is 5.94. The molecule has 0 radical (unpaired) electrons. The van der Waals surface area contributed by atoms with Gasteiger partial charge in [0.15, 0.2) is 0 Å². The first-order chi connectivity index (χ1) is 12.7. The van der Waals surface area contributed by atoms with Crippen molar-refractivity contribution in [2.24, 2.45) is 0 Å². The third-order valence-electron chi connectivity index (χ3n) is 4.06. The van der Waals surface area contributed by atoms with Gasteiger partial charge in [0.2, 0.25) is 0 Å². The normalized spacial score (nSPS) is 10.6. The van der Waals surface area contributed by atoms with Crippen molar-refractivity contribution >= 4 is 5.69 Å². The molecule has 3 aromatic carbocycles. The zero-order valence-corrected chi connectivity index (χ0v) is 15.3. The van der Waals surface area contributed by atoms with Crippen LogP contribution in [-0.4, -0.2) is 13.2 Å². The molecule has 0 atom stereocenters. The Kier molecular flexibility index (Phi) is 6.15. The zero-order valence-electron chi connectivity index (χ0n) is 15.3. The van der Waals surface area contributed by atoms with Crippen LogP contribution >= 0.6 is 0 Å². The maximum Gasteiger partial charge on any atom is 0.127 e. The Morgan fingerprint density at radius 2 is 1.42 bits per heavy atom. The number of ether oxygens (including phenoxy) is 2. The van der Waals surface area contributed by atoms with Gasteiger partial charge in [-0.05, 0) is 53.9 Å². The second-order valence-corrected chi connectivity index (χ2v) is 6.41. The van der Waals surface area contributed by atoms with Gasteiger partial charge >= 0.3 is 0 Å². The number of benzene rings is 3. The van der Waals surface area contributed by atoms with E-state index in [-0.39, 0.29) is 0 Å². The molecule has 0 aliphatic rings. The molecule has 1 N–H and O–H groups in total. The number of rotatable bonds is 8. The molecular weight excluding hydrogens is 322 g/mol. The van der Waals surface area contributed by atoms with Crippen LogP contribution in [0.4, 0.5) is 5.69 Å². The largest absolute Gasteiger partial charge is 0.491 e. The number of nitrogens with one attached hydrogen (secondary N) is 1. The number of anilines is 1. The molecule has 0 aliphatic heterocycles. The lowest BCUT2D eigenvalue weighted by Crippen LogP contribution is -2.12. The fraction of sp³-hybridized carbons (Fsp3) is 0.217. The van der Waals surface area contributed by atoms with E-state index < -0.39 is 0 Å². The molecule has 0 saturated heterocycles. The standard InChI is InChI=1S/C23H25NO2/c1-18(2)22-10-6-7-11-23(22)25-17-16-24-19-12-14-21(15-13-19)26-20-8-4-3-5-9-20/h3-15,18,24H,16-17H2,1-2H3. The summed E-state index contributed by atoms with van der Waals surface area (Å²) >= 11 is 0. The van der Waals surface area contributed by atoms with Crippen LogP contribution in [0.2, 0.25) is 0 Å². The van der Waals surface area contributed by atoms with Gasteiger partial charge in [-0.25, -0.2) is 0 Å². The monoisotopic (exact) mass is 347 g/mol. The minimum absolute atomic E-state index is 0.455. The van der Waals surface area contributed by atoms with Gasteiger partial charge in [0.25, 0.3) is 0 Å². The van der Waals surface area contributed by atoms with E-state index in [9.17, 15) is 0 Å². The molecule has 3 heteroatoms. The van der Waals surface area contributed by atoms with E-state index in [2.05, 4.69) is 31.3 Å². The van der Waals surface area contributed by atoms with Crippen molar-refractivity contribution in [3.63, 3.8) is 0 Å². The van der Waals surface area contributed by atoms with Crippen LogP contribution < -0.4 is 14.8 Å². The first kappa shape index (κ1) is 17.9. The molecule has 0 aliphatic carbocycles. The lowest BCUT2D eigenvalue weighted by molar-refractivity contribution is 0.328. The van der Waals surface area contributed by atoms with E-state index in [0.717, 1.165) is 29.5 Å². The molecule has 0 bridgehead atoms. The number of hydrogen-bond acceptors (Lipinski definition) is 3. The van der Waals surface area contributed by atoms with Crippen LogP contribution in [0.3, 0.4) is 0 Å². The third-order valence-corrected chi connectivity index (χ3v) is 4.06. The predicted molar refractivity (Wildman–Crippen MR) is 107 cm³/mol. The Hall–Kier alpha value is -2.94. The Morgan fingerprint density at radius 1 is 0.769 bits per heavy atom.